The Bertz CT molecular complexity index is 308. The van der Waals surface area contributed by atoms with E-state index in [0.29, 0.717) is 10.0 Å². The summed E-state index contributed by atoms with van der Waals surface area (Å²) in [5.41, 5.74) is 6.47. The number of rotatable bonds is 1. The summed E-state index contributed by atoms with van der Waals surface area (Å²) < 4.78 is 0.869. The standard InChI is InChI=1S/C9H10Cl2IN/c1-9(2,13)5-3-6(10)8(12)7(11)4-5/h3-4H,13H2,1-2H3. The van der Waals surface area contributed by atoms with Gasteiger partial charge < -0.3 is 5.73 Å². The average Bonchev–Trinajstić information content (AvgIpc) is 1.97. The summed E-state index contributed by atoms with van der Waals surface area (Å²) in [6.45, 7) is 3.84. The van der Waals surface area contributed by atoms with Crippen molar-refractivity contribution in [3.8, 4) is 0 Å². The molecule has 0 aromatic heterocycles. The lowest BCUT2D eigenvalue weighted by atomic mass is 9.96. The molecule has 0 heterocycles. The molecule has 0 unspecified atom stereocenters. The molecule has 0 aliphatic rings. The second kappa shape index (κ2) is 3.93. The third-order valence-electron chi connectivity index (χ3n) is 1.73. The zero-order chi connectivity index (χ0) is 10.2. The van der Waals surface area contributed by atoms with Crippen molar-refractivity contribution in [2.45, 2.75) is 19.4 Å². The van der Waals surface area contributed by atoms with Gasteiger partial charge in [-0.15, -0.1) is 0 Å². The molecule has 13 heavy (non-hydrogen) atoms. The van der Waals surface area contributed by atoms with Crippen molar-refractivity contribution in [2.75, 3.05) is 0 Å². The fourth-order valence-electron chi connectivity index (χ4n) is 0.928. The van der Waals surface area contributed by atoms with E-state index in [1.54, 1.807) is 0 Å². The molecular formula is C9H10Cl2IN. The van der Waals surface area contributed by atoms with Gasteiger partial charge in [0.05, 0.1) is 13.6 Å². The SMILES string of the molecule is CC(C)(N)c1cc(Cl)c(I)c(Cl)c1. The maximum atomic E-state index is 5.98. The molecule has 0 radical (unpaired) electrons. The van der Waals surface area contributed by atoms with E-state index in [4.69, 9.17) is 28.9 Å². The van der Waals surface area contributed by atoms with Gasteiger partial charge in [-0.1, -0.05) is 23.2 Å². The van der Waals surface area contributed by atoms with Crippen LogP contribution in [0.3, 0.4) is 0 Å². The fourth-order valence-corrected chi connectivity index (χ4v) is 1.73. The molecule has 0 atom stereocenters. The Kier molecular flexibility index (Phi) is 3.49. The molecule has 0 saturated carbocycles. The summed E-state index contributed by atoms with van der Waals surface area (Å²) in [6, 6.07) is 3.71. The van der Waals surface area contributed by atoms with Crippen LogP contribution in [0.4, 0.5) is 0 Å². The molecular weight excluding hydrogens is 320 g/mol. The van der Waals surface area contributed by atoms with Crippen LogP contribution in [-0.2, 0) is 5.54 Å². The Hall–Kier alpha value is 0.490. The van der Waals surface area contributed by atoms with E-state index in [1.165, 1.54) is 0 Å². The highest BCUT2D eigenvalue weighted by Gasteiger charge is 2.16. The van der Waals surface area contributed by atoms with E-state index in [-0.39, 0.29) is 0 Å². The topological polar surface area (TPSA) is 26.0 Å². The summed E-state index contributed by atoms with van der Waals surface area (Å²) in [6.07, 6.45) is 0. The number of hydrogen-bond acceptors (Lipinski definition) is 1. The van der Waals surface area contributed by atoms with Crippen molar-refractivity contribution in [3.05, 3.63) is 31.3 Å². The van der Waals surface area contributed by atoms with Crippen LogP contribution in [0.15, 0.2) is 12.1 Å². The zero-order valence-electron chi connectivity index (χ0n) is 7.37. The van der Waals surface area contributed by atoms with Crippen LogP contribution in [-0.4, -0.2) is 0 Å². The first-order valence-corrected chi connectivity index (χ1v) is 5.60. The van der Waals surface area contributed by atoms with E-state index in [9.17, 15) is 0 Å². The zero-order valence-corrected chi connectivity index (χ0v) is 11.0. The molecule has 1 aromatic carbocycles. The van der Waals surface area contributed by atoms with Crippen LogP contribution in [0, 0.1) is 3.57 Å². The molecule has 0 fully saturated rings. The highest BCUT2D eigenvalue weighted by atomic mass is 127. The molecule has 0 amide bonds. The predicted molar refractivity (Wildman–Crippen MR) is 66.4 cm³/mol. The van der Waals surface area contributed by atoms with Gasteiger partial charge in [0.15, 0.2) is 0 Å². The minimum Gasteiger partial charge on any atom is -0.322 e. The van der Waals surface area contributed by atoms with Crippen molar-refractivity contribution in [3.63, 3.8) is 0 Å². The smallest absolute Gasteiger partial charge is 0.0558 e. The average molecular weight is 330 g/mol. The van der Waals surface area contributed by atoms with Crippen molar-refractivity contribution in [1.29, 1.82) is 0 Å². The molecule has 2 N–H and O–H groups in total. The quantitative estimate of drug-likeness (QED) is 0.615. The lowest BCUT2D eigenvalue weighted by Gasteiger charge is -2.20. The lowest BCUT2D eigenvalue weighted by Crippen LogP contribution is -2.28. The molecule has 0 aliphatic carbocycles. The van der Waals surface area contributed by atoms with Gasteiger partial charge in [-0.3, -0.25) is 0 Å². The molecule has 1 aromatic rings. The van der Waals surface area contributed by atoms with E-state index < -0.39 is 5.54 Å². The Morgan fingerprint density at radius 1 is 1.23 bits per heavy atom. The molecule has 1 nitrogen and oxygen atoms in total. The van der Waals surface area contributed by atoms with Gasteiger partial charge in [-0.05, 0) is 54.1 Å². The summed E-state index contributed by atoms with van der Waals surface area (Å²) >= 11 is 14.1. The Morgan fingerprint density at radius 3 is 1.92 bits per heavy atom. The molecule has 0 bridgehead atoms. The molecule has 4 heteroatoms. The number of nitrogens with two attached hydrogens (primary N) is 1. The van der Waals surface area contributed by atoms with Crippen molar-refractivity contribution >= 4 is 45.8 Å². The van der Waals surface area contributed by atoms with Crippen LogP contribution in [0.2, 0.25) is 10.0 Å². The third-order valence-corrected chi connectivity index (χ3v) is 4.12. The summed E-state index contributed by atoms with van der Waals surface area (Å²) in [5.74, 6) is 0. The fraction of sp³-hybridized carbons (Fsp3) is 0.333. The van der Waals surface area contributed by atoms with Crippen LogP contribution in [0.5, 0.6) is 0 Å². The maximum Gasteiger partial charge on any atom is 0.0558 e. The van der Waals surface area contributed by atoms with Gasteiger partial charge in [0, 0.05) is 5.54 Å². The highest BCUT2D eigenvalue weighted by Crippen LogP contribution is 2.31. The van der Waals surface area contributed by atoms with Crippen molar-refractivity contribution < 1.29 is 0 Å². The van der Waals surface area contributed by atoms with E-state index >= 15 is 0 Å². The summed E-state index contributed by atoms with van der Waals surface area (Å²) in [7, 11) is 0. The van der Waals surface area contributed by atoms with Crippen LogP contribution in [0.1, 0.15) is 19.4 Å². The molecule has 1 rings (SSSR count). The summed E-state index contributed by atoms with van der Waals surface area (Å²) in [4.78, 5) is 0. The van der Waals surface area contributed by atoms with Crippen LogP contribution >= 0.6 is 45.8 Å². The minimum absolute atomic E-state index is 0.405. The number of benzene rings is 1. The second-order valence-electron chi connectivity index (χ2n) is 3.48. The van der Waals surface area contributed by atoms with Gasteiger partial charge in [-0.2, -0.15) is 0 Å². The molecule has 0 saturated heterocycles. The first-order chi connectivity index (χ1) is 5.82. The van der Waals surface area contributed by atoms with Crippen molar-refractivity contribution in [1.82, 2.24) is 0 Å². The van der Waals surface area contributed by atoms with Gasteiger partial charge in [0.1, 0.15) is 0 Å². The minimum atomic E-state index is -0.405. The van der Waals surface area contributed by atoms with Gasteiger partial charge in [0.2, 0.25) is 0 Å². The third kappa shape index (κ3) is 2.72. The maximum absolute atomic E-state index is 5.98. The number of hydrogen-bond donors (Lipinski definition) is 1. The van der Waals surface area contributed by atoms with Crippen LogP contribution < -0.4 is 5.73 Å². The molecule has 0 aliphatic heterocycles. The lowest BCUT2D eigenvalue weighted by molar-refractivity contribution is 0.554. The first-order valence-electron chi connectivity index (χ1n) is 3.76. The van der Waals surface area contributed by atoms with E-state index in [1.807, 2.05) is 26.0 Å². The predicted octanol–water partition coefficient (Wildman–Crippen LogP) is 3.79. The van der Waals surface area contributed by atoms with E-state index in [0.717, 1.165) is 9.13 Å². The first kappa shape index (κ1) is 11.6. The normalized spacial score (nSPS) is 11.8. The summed E-state index contributed by atoms with van der Waals surface area (Å²) in [5, 5.41) is 1.31. The van der Waals surface area contributed by atoms with E-state index in [2.05, 4.69) is 22.6 Å². The second-order valence-corrected chi connectivity index (χ2v) is 5.37. The molecule has 0 spiro atoms. The van der Waals surface area contributed by atoms with Gasteiger partial charge in [0.25, 0.3) is 0 Å². The molecule has 72 valence electrons. The Morgan fingerprint density at radius 2 is 1.62 bits per heavy atom. The number of halogens is 3. The highest BCUT2D eigenvalue weighted by molar-refractivity contribution is 14.1. The van der Waals surface area contributed by atoms with Gasteiger partial charge >= 0.3 is 0 Å². The monoisotopic (exact) mass is 329 g/mol. The Balaban J connectivity index is 3.29. The van der Waals surface area contributed by atoms with Gasteiger partial charge in [-0.25, -0.2) is 0 Å². The Labute approximate surface area is 102 Å². The largest absolute Gasteiger partial charge is 0.322 e. The van der Waals surface area contributed by atoms with Crippen molar-refractivity contribution in [2.24, 2.45) is 5.73 Å². The van der Waals surface area contributed by atoms with Crippen LogP contribution in [0.25, 0.3) is 0 Å².